The van der Waals surface area contributed by atoms with Crippen molar-refractivity contribution in [2.24, 2.45) is 0 Å². The minimum Gasteiger partial charge on any atom is -0.463 e. The van der Waals surface area contributed by atoms with E-state index in [0.29, 0.717) is 0 Å². The molecule has 0 N–H and O–H groups in total. The Hall–Kier alpha value is -1.82. The van der Waals surface area contributed by atoms with Gasteiger partial charge in [0.1, 0.15) is 0 Å². The van der Waals surface area contributed by atoms with Gasteiger partial charge in [-0.2, -0.15) is 5.26 Å². The Labute approximate surface area is 82.0 Å². The van der Waals surface area contributed by atoms with Crippen LogP contribution in [0.3, 0.4) is 0 Å². The Kier molecular flexibility index (Phi) is 1.78. The van der Waals surface area contributed by atoms with Gasteiger partial charge in [0.05, 0.1) is 29.6 Å². The number of hydrogen-bond donors (Lipinski definition) is 0. The lowest BCUT2D eigenvalue weighted by molar-refractivity contribution is 0.611. The average Bonchev–Trinajstić information content (AvgIpc) is 2.64. The molecule has 0 aromatic carbocycles. The SMILES string of the molecule is CC(C)(C#N)c1cc2ccoc2cn1. The van der Waals surface area contributed by atoms with E-state index < -0.39 is 5.41 Å². The van der Waals surface area contributed by atoms with Crippen LogP contribution in [0.2, 0.25) is 0 Å². The van der Waals surface area contributed by atoms with E-state index in [1.807, 2.05) is 26.0 Å². The van der Waals surface area contributed by atoms with Gasteiger partial charge < -0.3 is 4.42 Å². The predicted molar refractivity (Wildman–Crippen MR) is 52.6 cm³/mol. The van der Waals surface area contributed by atoms with Gasteiger partial charge in [0.2, 0.25) is 0 Å². The maximum atomic E-state index is 8.96. The number of rotatable bonds is 1. The Balaban J connectivity index is 2.61. The summed E-state index contributed by atoms with van der Waals surface area (Å²) in [4.78, 5) is 4.21. The van der Waals surface area contributed by atoms with Crippen molar-refractivity contribution in [3.63, 3.8) is 0 Å². The fourth-order valence-corrected chi connectivity index (χ4v) is 1.27. The molecule has 0 spiro atoms. The molecule has 2 rings (SSSR count). The Morgan fingerprint density at radius 1 is 1.50 bits per heavy atom. The Morgan fingerprint density at radius 2 is 2.29 bits per heavy atom. The molecule has 0 atom stereocenters. The van der Waals surface area contributed by atoms with Crippen LogP contribution in [0.1, 0.15) is 19.5 Å². The van der Waals surface area contributed by atoms with Crippen LogP contribution >= 0.6 is 0 Å². The van der Waals surface area contributed by atoms with Crippen molar-refractivity contribution >= 4 is 11.0 Å². The molecule has 3 nitrogen and oxygen atoms in total. The molecular formula is C11H10N2O. The van der Waals surface area contributed by atoms with Gasteiger partial charge in [-0.05, 0) is 26.0 Å². The summed E-state index contributed by atoms with van der Waals surface area (Å²) in [6, 6.07) is 5.98. The molecule has 0 unspecified atom stereocenters. The molecule has 0 amide bonds. The van der Waals surface area contributed by atoms with Crippen LogP contribution in [0.15, 0.2) is 29.0 Å². The van der Waals surface area contributed by atoms with E-state index in [-0.39, 0.29) is 0 Å². The first-order valence-corrected chi connectivity index (χ1v) is 4.38. The molecule has 0 saturated heterocycles. The molecule has 0 saturated carbocycles. The largest absolute Gasteiger partial charge is 0.463 e. The lowest BCUT2D eigenvalue weighted by Gasteiger charge is -2.13. The molecule has 2 aromatic heterocycles. The van der Waals surface area contributed by atoms with Gasteiger partial charge in [-0.15, -0.1) is 0 Å². The summed E-state index contributed by atoms with van der Waals surface area (Å²) in [5, 5.41) is 9.94. The third-order valence-electron chi connectivity index (χ3n) is 2.26. The number of hydrogen-bond acceptors (Lipinski definition) is 3. The second-order valence-electron chi connectivity index (χ2n) is 3.76. The van der Waals surface area contributed by atoms with Crippen molar-refractivity contribution < 1.29 is 4.42 Å². The summed E-state index contributed by atoms with van der Waals surface area (Å²) < 4.78 is 5.17. The smallest absolute Gasteiger partial charge is 0.152 e. The van der Waals surface area contributed by atoms with Gasteiger partial charge in [0.25, 0.3) is 0 Å². The summed E-state index contributed by atoms with van der Waals surface area (Å²) >= 11 is 0. The summed E-state index contributed by atoms with van der Waals surface area (Å²) in [7, 11) is 0. The number of aromatic nitrogens is 1. The number of fused-ring (bicyclic) bond motifs is 1. The fourth-order valence-electron chi connectivity index (χ4n) is 1.27. The van der Waals surface area contributed by atoms with Crippen molar-refractivity contribution in [2.45, 2.75) is 19.3 Å². The zero-order chi connectivity index (χ0) is 10.2. The number of furan rings is 1. The molecule has 0 aliphatic carbocycles. The van der Waals surface area contributed by atoms with Crippen molar-refractivity contribution in [1.29, 1.82) is 5.26 Å². The normalized spacial score (nSPS) is 11.5. The van der Waals surface area contributed by atoms with Gasteiger partial charge in [-0.1, -0.05) is 0 Å². The third kappa shape index (κ3) is 1.25. The molecule has 0 aliphatic rings. The summed E-state index contributed by atoms with van der Waals surface area (Å²) in [5.41, 5.74) is 0.974. The molecule has 0 bridgehead atoms. The van der Waals surface area contributed by atoms with Gasteiger partial charge >= 0.3 is 0 Å². The van der Waals surface area contributed by atoms with E-state index in [1.54, 1.807) is 12.5 Å². The molecule has 0 radical (unpaired) electrons. The van der Waals surface area contributed by atoms with E-state index in [4.69, 9.17) is 9.68 Å². The highest BCUT2D eigenvalue weighted by Crippen LogP contribution is 2.23. The standard InChI is InChI=1S/C11H10N2O/c1-11(2,7-12)10-5-8-3-4-14-9(8)6-13-10/h3-6H,1-2H3. The highest BCUT2D eigenvalue weighted by molar-refractivity contribution is 5.76. The maximum Gasteiger partial charge on any atom is 0.152 e. The van der Waals surface area contributed by atoms with Crippen LogP contribution in [0.4, 0.5) is 0 Å². The van der Waals surface area contributed by atoms with E-state index in [1.165, 1.54) is 0 Å². The van der Waals surface area contributed by atoms with Crippen LogP contribution in [0.5, 0.6) is 0 Å². The molecule has 2 aromatic rings. The zero-order valence-corrected chi connectivity index (χ0v) is 8.11. The Morgan fingerprint density at radius 3 is 3.00 bits per heavy atom. The van der Waals surface area contributed by atoms with Gasteiger partial charge in [0.15, 0.2) is 5.58 Å². The highest BCUT2D eigenvalue weighted by Gasteiger charge is 2.21. The second kappa shape index (κ2) is 2.85. The van der Waals surface area contributed by atoms with Crippen LogP contribution in [0, 0.1) is 11.3 Å². The summed E-state index contributed by atoms with van der Waals surface area (Å²) in [6.07, 6.45) is 3.28. The van der Waals surface area contributed by atoms with Crippen molar-refractivity contribution in [3.05, 3.63) is 30.3 Å². The number of pyridine rings is 1. The minimum absolute atomic E-state index is 0.550. The van der Waals surface area contributed by atoms with Gasteiger partial charge in [-0.3, -0.25) is 4.98 Å². The second-order valence-corrected chi connectivity index (χ2v) is 3.76. The monoisotopic (exact) mass is 186 g/mol. The average molecular weight is 186 g/mol. The quantitative estimate of drug-likeness (QED) is 0.687. The van der Waals surface area contributed by atoms with E-state index >= 15 is 0 Å². The molecule has 3 heteroatoms. The lowest BCUT2D eigenvalue weighted by Crippen LogP contribution is -2.15. The molecular weight excluding hydrogens is 176 g/mol. The van der Waals surface area contributed by atoms with Gasteiger partial charge in [0, 0.05) is 5.39 Å². The van der Waals surface area contributed by atoms with Crippen LogP contribution in [-0.4, -0.2) is 4.98 Å². The summed E-state index contributed by atoms with van der Waals surface area (Å²) in [6.45, 7) is 3.70. The van der Waals surface area contributed by atoms with E-state index in [0.717, 1.165) is 16.7 Å². The molecule has 0 fully saturated rings. The zero-order valence-electron chi connectivity index (χ0n) is 8.11. The van der Waals surface area contributed by atoms with E-state index in [9.17, 15) is 0 Å². The minimum atomic E-state index is -0.550. The summed E-state index contributed by atoms with van der Waals surface area (Å²) in [5.74, 6) is 0. The molecule has 70 valence electrons. The third-order valence-corrected chi connectivity index (χ3v) is 2.26. The van der Waals surface area contributed by atoms with Gasteiger partial charge in [-0.25, -0.2) is 0 Å². The van der Waals surface area contributed by atoms with E-state index in [2.05, 4.69) is 11.1 Å². The number of nitrogens with zero attached hydrogens (tertiary/aromatic N) is 2. The molecule has 2 heterocycles. The molecule has 14 heavy (non-hydrogen) atoms. The number of nitriles is 1. The fraction of sp³-hybridized carbons (Fsp3) is 0.273. The van der Waals surface area contributed by atoms with Crippen molar-refractivity contribution in [1.82, 2.24) is 4.98 Å². The molecule has 0 aliphatic heterocycles. The van der Waals surface area contributed by atoms with Crippen molar-refractivity contribution in [3.8, 4) is 6.07 Å². The first kappa shape index (κ1) is 8.76. The van der Waals surface area contributed by atoms with Crippen LogP contribution in [-0.2, 0) is 5.41 Å². The first-order chi connectivity index (χ1) is 6.63. The highest BCUT2D eigenvalue weighted by atomic mass is 16.3. The van der Waals surface area contributed by atoms with Crippen LogP contribution < -0.4 is 0 Å². The topological polar surface area (TPSA) is 49.8 Å². The van der Waals surface area contributed by atoms with Crippen molar-refractivity contribution in [2.75, 3.05) is 0 Å². The first-order valence-electron chi connectivity index (χ1n) is 4.38. The predicted octanol–water partition coefficient (Wildman–Crippen LogP) is 2.63. The maximum absolute atomic E-state index is 8.96. The Bertz CT molecular complexity index is 505. The lowest BCUT2D eigenvalue weighted by atomic mass is 9.90. The van der Waals surface area contributed by atoms with Crippen LogP contribution in [0.25, 0.3) is 11.0 Å².